The average molecular weight is 432 g/mol. The van der Waals surface area contributed by atoms with Gasteiger partial charge in [-0.15, -0.1) is 0 Å². The number of nitrogens with one attached hydrogen (secondary N) is 3. The van der Waals surface area contributed by atoms with Gasteiger partial charge < -0.3 is 32.2 Å². The Balaban J connectivity index is 2.06. The zero-order chi connectivity index (χ0) is 23.0. The van der Waals surface area contributed by atoms with Crippen molar-refractivity contribution in [2.45, 2.75) is 57.7 Å². The predicted octanol–water partition coefficient (Wildman–Crippen LogP) is 0.877. The second-order valence-electron chi connectivity index (χ2n) is 8.08. The quantitative estimate of drug-likeness (QED) is 0.273. The molecule has 3 atom stereocenters. The standard InChI is InChI=1S/C22H33N5O4/c1-13(2)19(22(30)31)27-21(29)18(9-5-6-10-23)26-20(28)16(24)11-14-12-25-17-8-4-3-7-15(14)17/h3-4,7-8,12-13,16,18-19,25H,5-6,9-11,23-24H2,1-2H3,(H,26,28)(H,27,29)(H,30,31)/t16-,18-,19-/m0/s1. The third-order valence-corrected chi connectivity index (χ3v) is 5.26. The van der Waals surface area contributed by atoms with Crippen molar-refractivity contribution in [3.8, 4) is 0 Å². The van der Waals surface area contributed by atoms with Crippen LogP contribution in [0.2, 0.25) is 0 Å². The number of nitrogens with two attached hydrogens (primary N) is 2. The van der Waals surface area contributed by atoms with Gasteiger partial charge in [-0.2, -0.15) is 0 Å². The van der Waals surface area contributed by atoms with Crippen LogP contribution in [0.4, 0.5) is 0 Å². The number of fused-ring (bicyclic) bond motifs is 1. The van der Waals surface area contributed by atoms with Crippen LogP contribution in [0.5, 0.6) is 0 Å². The minimum atomic E-state index is -1.12. The van der Waals surface area contributed by atoms with Crippen LogP contribution in [0.1, 0.15) is 38.7 Å². The third kappa shape index (κ3) is 6.80. The lowest BCUT2D eigenvalue weighted by Crippen LogP contribution is -2.55. The number of rotatable bonds is 12. The summed E-state index contributed by atoms with van der Waals surface area (Å²) in [4.78, 5) is 40.1. The molecule has 9 heteroatoms. The van der Waals surface area contributed by atoms with Crippen LogP contribution in [0.15, 0.2) is 30.5 Å². The van der Waals surface area contributed by atoms with Gasteiger partial charge in [-0.25, -0.2) is 4.79 Å². The number of para-hydroxylation sites is 1. The van der Waals surface area contributed by atoms with Crippen molar-refractivity contribution in [3.05, 3.63) is 36.0 Å². The van der Waals surface area contributed by atoms with Crippen LogP contribution in [-0.4, -0.2) is 52.5 Å². The van der Waals surface area contributed by atoms with Crippen LogP contribution >= 0.6 is 0 Å². The number of amides is 2. The Morgan fingerprint density at radius 3 is 2.45 bits per heavy atom. The molecule has 1 aromatic carbocycles. The number of carbonyl (C=O) groups is 3. The molecule has 0 spiro atoms. The zero-order valence-corrected chi connectivity index (χ0v) is 18.1. The highest BCUT2D eigenvalue weighted by molar-refractivity contribution is 5.92. The number of carboxylic acids is 1. The summed E-state index contributed by atoms with van der Waals surface area (Å²) in [6.07, 6.45) is 3.78. The molecule has 0 fully saturated rings. The molecule has 0 radical (unpaired) electrons. The van der Waals surface area contributed by atoms with Gasteiger partial charge in [0.25, 0.3) is 0 Å². The van der Waals surface area contributed by atoms with Crippen LogP contribution in [0, 0.1) is 5.92 Å². The van der Waals surface area contributed by atoms with E-state index in [1.54, 1.807) is 13.8 Å². The van der Waals surface area contributed by atoms with Gasteiger partial charge >= 0.3 is 5.97 Å². The Labute approximate surface area is 181 Å². The molecule has 9 nitrogen and oxygen atoms in total. The van der Waals surface area contributed by atoms with Crippen LogP contribution in [0.3, 0.4) is 0 Å². The molecule has 1 heterocycles. The van der Waals surface area contributed by atoms with Gasteiger partial charge in [-0.3, -0.25) is 9.59 Å². The summed E-state index contributed by atoms with van der Waals surface area (Å²) in [7, 11) is 0. The minimum Gasteiger partial charge on any atom is -0.480 e. The maximum atomic E-state index is 12.7. The summed E-state index contributed by atoms with van der Waals surface area (Å²) in [6, 6.07) is 4.94. The second-order valence-corrected chi connectivity index (χ2v) is 8.08. The summed E-state index contributed by atoms with van der Waals surface area (Å²) >= 11 is 0. The summed E-state index contributed by atoms with van der Waals surface area (Å²) < 4.78 is 0. The largest absolute Gasteiger partial charge is 0.480 e. The van der Waals surface area contributed by atoms with E-state index < -0.39 is 35.9 Å². The number of unbranched alkanes of at least 4 members (excludes halogenated alkanes) is 1. The van der Waals surface area contributed by atoms with Gasteiger partial charge in [0.2, 0.25) is 11.8 Å². The molecule has 0 aliphatic heterocycles. The molecular formula is C22H33N5O4. The Morgan fingerprint density at radius 2 is 1.81 bits per heavy atom. The first-order valence-electron chi connectivity index (χ1n) is 10.6. The molecule has 0 aliphatic rings. The molecule has 0 saturated carbocycles. The van der Waals surface area contributed by atoms with Crippen LogP contribution in [0.25, 0.3) is 10.9 Å². The molecule has 2 rings (SSSR count). The van der Waals surface area contributed by atoms with E-state index in [9.17, 15) is 19.5 Å². The van der Waals surface area contributed by atoms with Gasteiger partial charge in [0.05, 0.1) is 6.04 Å². The van der Waals surface area contributed by atoms with Gasteiger partial charge in [0, 0.05) is 17.1 Å². The molecule has 1 aromatic heterocycles. The Kier molecular flexibility index (Phi) is 9.02. The first kappa shape index (κ1) is 24.4. The fourth-order valence-corrected chi connectivity index (χ4v) is 3.44. The molecule has 2 amide bonds. The maximum absolute atomic E-state index is 12.7. The number of aromatic nitrogens is 1. The van der Waals surface area contributed by atoms with Gasteiger partial charge in [-0.05, 0) is 49.8 Å². The lowest BCUT2D eigenvalue weighted by molar-refractivity contribution is -0.143. The normalized spacial score (nSPS) is 14.2. The lowest BCUT2D eigenvalue weighted by Gasteiger charge is -2.24. The van der Waals surface area contributed by atoms with Crippen molar-refractivity contribution >= 4 is 28.7 Å². The summed E-state index contributed by atoms with van der Waals surface area (Å²) in [5.74, 6) is -2.42. The third-order valence-electron chi connectivity index (χ3n) is 5.26. The Morgan fingerprint density at radius 1 is 1.10 bits per heavy atom. The van der Waals surface area contributed by atoms with Crippen LogP contribution < -0.4 is 22.1 Å². The molecule has 31 heavy (non-hydrogen) atoms. The number of hydrogen-bond acceptors (Lipinski definition) is 5. The van der Waals surface area contributed by atoms with Gasteiger partial charge in [-0.1, -0.05) is 32.0 Å². The highest BCUT2D eigenvalue weighted by atomic mass is 16.4. The van der Waals surface area contributed by atoms with Crippen LogP contribution in [-0.2, 0) is 20.8 Å². The lowest BCUT2D eigenvalue weighted by atomic mass is 10.0. The number of hydrogen-bond donors (Lipinski definition) is 6. The highest BCUT2D eigenvalue weighted by Crippen LogP contribution is 2.19. The predicted molar refractivity (Wildman–Crippen MR) is 119 cm³/mol. The summed E-state index contributed by atoms with van der Waals surface area (Å²) in [6.45, 7) is 3.88. The van der Waals surface area contributed by atoms with E-state index >= 15 is 0 Å². The Hall–Kier alpha value is -2.91. The van der Waals surface area contributed by atoms with Crippen molar-refractivity contribution in [3.63, 3.8) is 0 Å². The molecule has 0 unspecified atom stereocenters. The number of benzene rings is 1. The summed E-state index contributed by atoms with van der Waals surface area (Å²) in [5.41, 5.74) is 13.5. The summed E-state index contributed by atoms with van der Waals surface area (Å²) in [5, 5.41) is 15.6. The first-order chi connectivity index (χ1) is 14.7. The van der Waals surface area contributed by atoms with E-state index in [1.807, 2.05) is 30.5 Å². The highest BCUT2D eigenvalue weighted by Gasteiger charge is 2.29. The smallest absolute Gasteiger partial charge is 0.326 e. The minimum absolute atomic E-state index is 0.300. The van der Waals surface area contributed by atoms with Crippen molar-refractivity contribution in [2.75, 3.05) is 6.54 Å². The van der Waals surface area contributed by atoms with Gasteiger partial charge in [0.15, 0.2) is 0 Å². The van der Waals surface area contributed by atoms with Crippen molar-refractivity contribution in [1.82, 2.24) is 15.6 Å². The fourth-order valence-electron chi connectivity index (χ4n) is 3.44. The zero-order valence-electron chi connectivity index (χ0n) is 18.1. The maximum Gasteiger partial charge on any atom is 0.326 e. The van der Waals surface area contributed by atoms with E-state index in [-0.39, 0.29) is 5.92 Å². The van der Waals surface area contributed by atoms with E-state index in [0.29, 0.717) is 32.2 Å². The van der Waals surface area contributed by atoms with Crippen molar-refractivity contribution in [1.29, 1.82) is 0 Å². The average Bonchev–Trinajstić information content (AvgIpc) is 3.13. The molecule has 170 valence electrons. The monoisotopic (exact) mass is 431 g/mol. The molecular weight excluding hydrogens is 398 g/mol. The fraction of sp³-hybridized carbons (Fsp3) is 0.500. The second kappa shape index (κ2) is 11.5. The Bertz CT molecular complexity index is 895. The molecule has 0 bridgehead atoms. The van der Waals surface area contributed by atoms with E-state index in [4.69, 9.17) is 11.5 Å². The SMILES string of the molecule is CC(C)[C@H](NC(=O)[C@H](CCCCN)NC(=O)[C@@H](N)Cc1c[nH]c2ccccc12)C(=O)O. The molecule has 8 N–H and O–H groups in total. The van der Waals surface area contributed by atoms with Crippen molar-refractivity contribution in [2.24, 2.45) is 17.4 Å². The number of carbonyl (C=O) groups excluding carboxylic acids is 2. The molecule has 0 aliphatic carbocycles. The number of carboxylic acid groups (broad SMARTS) is 1. The van der Waals surface area contributed by atoms with E-state index in [2.05, 4.69) is 15.6 Å². The van der Waals surface area contributed by atoms with E-state index in [0.717, 1.165) is 16.5 Å². The topological polar surface area (TPSA) is 163 Å². The first-order valence-corrected chi connectivity index (χ1v) is 10.6. The van der Waals surface area contributed by atoms with E-state index in [1.165, 1.54) is 0 Å². The molecule has 2 aromatic rings. The number of aromatic amines is 1. The van der Waals surface area contributed by atoms with Crippen molar-refractivity contribution < 1.29 is 19.5 Å². The van der Waals surface area contributed by atoms with Gasteiger partial charge in [0.1, 0.15) is 12.1 Å². The number of aliphatic carboxylic acids is 1. The molecule has 0 saturated heterocycles. The number of H-pyrrole nitrogens is 1.